The first kappa shape index (κ1) is 18.5. The molecule has 0 saturated heterocycles. The molecule has 0 bridgehead atoms. The van der Waals surface area contributed by atoms with Gasteiger partial charge in [-0.25, -0.2) is 4.79 Å². The van der Waals surface area contributed by atoms with Crippen LogP contribution in [-0.2, 0) is 9.53 Å². The van der Waals surface area contributed by atoms with Gasteiger partial charge in [-0.05, 0) is 38.5 Å². The lowest BCUT2D eigenvalue weighted by Gasteiger charge is -2.15. The van der Waals surface area contributed by atoms with Crippen molar-refractivity contribution in [3.8, 4) is 5.75 Å². The van der Waals surface area contributed by atoms with E-state index in [2.05, 4.69) is 5.32 Å². The summed E-state index contributed by atoms with van der Waals surface area (Å²) < 4.78 is 10.5. The average Bonchev–Trinajstić information content (AvgIpc) is 2.61. The van der Waals surface area contributed by atoms with E-state index in [0.717, 1.165) is 11.1 Å². The van der Waals surface area contributed by atoms with Crippen molar-refractivity contribution in [3.63, 3.8) is 0 Å². The quantitative estimate of drug-likeness (QED) is 0.784. The Morgan fingerprint density at radius 2 is 1.76 bits per heavy atom. The molecule has 5 nitrogen and oxygen atoms in total. The molecule has 0 spiro atoms. The monoisotopic (exact) mass is 341 g/mol. The topological polar surface area (TPSA) is 64.6 Å². The standard InChI is InChI=1S/C20H23NO4/c1-4-24-18-8-6-5-7-17(18)20(23)25-13-19(22)21-15(3)16-11-9-14(2)10-12-16/h5-12,15H,4,13H2,1-3H3,(H,21,22)/t15-/m1/s1. The first-order valence-electron chi connectivity index (χ1n) is 8.26. The molecule has 25 heavy (non-hydrogen) atoms. The van der Waals surface area contributed by atoms with Crippen molar-refractivity contribution in [2.75, 3.05) is 13.2 Å². The molecule has 0 aromatic heterocycles. The Kier molecular flexibility index (Phi) is 6.57. The number of benzene rings is 2. The van der Waals surface area contributed by atoms with Crippen molar-refractivity contribution >= 4 is 11.9 Å². The first-order valence-corrected chi connectivity index (χ1v) is 8.26. The number of hydrogen-bond donors (Lipinski definition) is 1. The summed E-state index contributed by atoms with van der Waals surface area (Å²) in [5.41, 5.74) is 2.46. The van der Waals surface area contributed by atoms with Gasteiger partial charge < -0.3 is 14.8 Å². The molecule has 2 rings (SSSR count). The van der Waals surface area contributed by atoms with Crippen LogP contribution >= 0.6 is 0 Å². The third kappa shape index (κ3) is 5.35. The molecule has 2 aromatic rings. The van der Waals surface area contributed by atoms with Crippen molar-refractivity contribution < 1.29 is 19.1 Å². The van der Waals surface area contributed by atoms with E-state index in [1.165, 1.54) is 0 Å². The molecule has 1 N–H and O–H groups in total. The highest BCUT2D eigenvalue weighted by Gasteiger charge is 2.16. The number of aryl methyl sites for hydroxylation is 1. The van der Waals surface area contributed by atoms with E-state index in [4.69, 9.17) is 9.47 Å². The number of hydrogen-bond acceptors (Lipinski definition) is 4. The Bertz CT molecular complexity index is 725. The van der Waals surface area contributed by atoms with Gasteiger partial charge in [-0.1, -0.05) is 42.0 Å². The number of rotatable bonds is 7. The summed E-state index contributed by atoms with van der Waals surface area (Å²) in [6.07, 6.45) is 0. The maximum absolute atomic E-state index is 12.2. The Morgan fingerprint density at radius 1 is 1.08 bits per heavy atom. The van der Waals surface area contributed by atoms with Crippen molar-refractivity contribution in [3.05, 3.63) is 65.2 Å². The van der Waals surface area contributed by atoms with Gasteiger partial charge in [-0.3, -0.25) is 4.79 Å². The normalized spacial score (nSPS) is 11.5. The van der Waals surface area contributed by atoms with Crippen LogP contribution in [0.25, 0.3) is 0 Å². The molecule has 0 unspecified atom stereocenters. The largest absolute Gasteiger partial charge is 0.493 e. The number of ether oxygens (including phenoxy) is 2. The lowest BCUT2D eigenvalue weighted by atomic mass is 10.1. The SMILES string of the molecule is CCOc1ccccc1C(=O)OCC(=O)N[C@H](C)c1ccc(C)cc1. The number of carbonyl (C=O) groups is 2. The molecule has 0 heterocycles. The lowest BCUT2D eigenvalue weighted by Crippen LogP contribution is -2.31. The number of carbonyl (C=O) groups excluding carboxylic acids is 2. The molecular weight excluding hydrogens is 318 g/mol. The summed E-state index contributed by atoms with van der Waals surface area (Å²) in [6, 6.07) is 14.5. The minimum atomic E-state index is -0.581. The summed E-state index contributed by atoms with van der Waals surface area (Å²) in [4.78, 5) is 24.2. The summed E-state index contributed by atoms with van der Waals surface area (Å²) in [5, 5.41) is 2.81. The van der Waals surface area contributed by atoms with Crippen molar-refractivity contribution in [2.45, 2.75) is 26.8 Å². The summed E-state index contributed by atoms with van der Waals surface area (Å²) >= 11 is 0. The fourth-order valence-electron chi connectivity index (χ4n) is 2.35. The molecule has 0 saturated carbocycles. The number of esters is 1. The Balaban J connectivity index is 1.89. The number of para-hydroxylation sites is 1. The lowest BCUT2D eigenvalue weighted by molar-refractivity contribution is -0.124. The molecule has 1 atom stereocenters. The number of nitrogens with one attached hydrogen (secondary N) is 1. The second-order valence-corrected chi connectivity index (χ2v) is 5.71. The minimum Gasteiger partial charge on any atom is -0.493 e. The van der Waals surface area contributed by atoms with E-state index >= 15 is 0 Å². The third-order valence-corrected chi connectivity index (χ3v) is 3.70. The molecule has 0 aliphatic rings. The highest BCUT2D eigenvalue weighted by molar-refractivity contribution is 5.94. The van der Waals surface area contributed by atoms with Crippen LogP contribution in [0.3, 0.4) is 0 Å². The fourth-order valence-corrected chi connectivity index (χ4v) is 2.35. The van der Waals surface area contributed by atoms with Gasteiger partial charge in [-0.2, -0.15) is 0 Å². The van der Waals surface area contributed by atoms with Crippen molar-refractivity contribution in [1.82, 2.24) is 5.32 Å². The molecule has 2 aromatic carbocycles. The highest BCUT2D eigenvalue weighted by Crippen LogP contribution is 2.19. The van der Waals surface area contributed by atoms with Gasteiger partial charge in [0.05, 0.1) is 12.6 Å². The summed E-state index contributed by atoms with van der Waals surface area (Å²) in [7, 11) is 0. The van der Waals surface area contributed by atoms with Crippen LogP contribution in [0, 0.1) is 6.92 Å². The fraction of sp³-hybridized carbons (Fsp3) is 0.300. The van der Waals surface area contributed by atoms with Crippen LogP contribution < -0.4 is 10.1 Å². The predicted octanol–water partition coefficient (Wildman–Crippen LogP) is 3.43. The molecule has 1 amide bonds. The van der Waals surface area contributed by atoms with Crippen LogP contribution in [0.2, 0.25) is 0 Å². The van der Waals surface area contributed by atoms with Gasteiger partial charge in [0.1, 0.15) is 11.3 Å². The second kappa shape index (κ2) is 8.87. The second-order valence-electron chi connectivity index (χ2n) is 5.71. The van der Waals surface area contributed by atoms with Crippen LogP contribution in [0.5, 0.6) is 5.75 Å². The van der Waals surface area contributed by atoms with E-state index in [-0.39, 0.29) is 18.6 Å². The smallest absolute Gasteiger partial charge is 0.342 e. The van der Waals surface area contributed by atoms with Gasteiger partial charge in [0.2, 0.25) is 0 Å². The maximum Gasteiger partial charge on any atom is 0.342 e. The molecule has 0 aliphatic carbocycles. The van der Waals surface area contributed by atoms with Gasteiger partial charge in [-0.15, -0.1) is 0 Å². The summed E-state index contributed by atoms with van der Waals surface area (Å²) in [6.45, 7) is 5.83. The van der Waals surface area contributed by atoms with Crippen molar-refractivity contribution in [1.29, 1.82) is 0 Å². The van der Waals surface area contributed by atoms with Gasteiger partial charge in [0.15, 0.2) is 6.61 Å². The zero-order valence-corrected chi connectivity index (χ0v) is 14.7. The average molecular weight is 341 g/mol. The van der Waals surface area contributed by atoms with Crippen LogP contribution in [0.1, 0.15) is 41.4 Å². The van der Waals surface area contributed by atoms with Crippen LogP contribution in [0.4, 0.5) is 0 Å². The van der Waals surface area contributed by atoms with Gasteiger partial charge in [0, 0.05) is 0 Å². The molecule has 0 aliphatic heterocycles. The molecule has 5 heteroatoms. The van der Waals surface area contributed by atoms with Gasteiger partial charge in [0.25, 0.3) is 5.91 Å². The minimum absolute atomic E-state index is 0.164. The van der Waals surface area contributed by atoms with E-state index in [0.29, 0.717) is 17.9 Å². The number of amides is 1. The van der Waals surface area contributed by atoms with E-state index in [1.807, 2.05) is 45.0 Å². The zero-order chi connectivity index (χ0) is 18.2. The first-order chi connectivity index (χ1) is 12.0. The van der Waals surface area contributed by atoms with Crippen molar-refractivity contribution in [2.24, 2.45) is 0 Å². The Labute approximate surface area is 148 Å². The third-order valence-electron chi connectivity index (χ3n) is 3.70. The maximum atomic E-state index is 12.2. The highest BCUT2D eigenvalue weighted by atomic mass is 16.5. The Morgan fingerprint density at radius 3 is 2.44 bits per heavy atom. The van der Waals surface area contributed by atoms with Crippen LogP contribution in [0.15, 0.2) is 48.5 Å². The molecule has 132 valence electrons. The van der Waals surface area contributed by atoms with E-state index in [1.54, 1.807) is 24.3 Å². The van der Waals surface area contributed by atoms with Crippen LogP contribution in [-0.4, -0.2) is 25.1 Å². The molecular formula is C20H23NO4. The predicted molar refractivity (Wildman–Crippen MR) is 95.6 cm³/mol. The Hall–Kier alpha value is -2.82. The molecule has 0 fully saturated rings. The zero-order valence-electron chi connectivity index (χ0n) is 14.7. The van der Waals surface area contributed by atoms with E-state index in [9.17, 15) is 9.59 Å². The summed E-state index contributed by atoms with van der Waals surface area (Å²) in [5.74, 6) is -0.485. The van der Waals surface area contributed by atoms with E-state index < -0.39 is 5.97 Å². The van der Waals surface area contributed by atoms with Gasteiger partial charge >= 0.3 is 5.97 Å². The molecule has 0 radical (unpaired) electrons.